The number of hydrogen-bond acceptors (Lipinski definition) is 4. The van der Waals surface area contributed by atoms with Crippen LogP contribution in [0, 0.1) is 6.92 Å². The highest BCUT2D eigenvalue weighted by atomic mass is 32.1. The zero-order valence-corrected chi connectivity index (χ0v) is 12.5. The normalized spacial score (nSPS) is 20.5. The van der Waals surface area contributed by atoms with E-state index in [2.05, 4.69) is 43.0 Å². The number of nitrogens with zero attached hydrogens (tertiary/aromatic N) is 2. The molecule has 1 unspecified atom stereocenters. The second-order valence-electron chi connectivity index (χ2n) is 5.53. The van der Waals surface area contributed by atoms with Gasteiger partial charge < -0.3 is 15.5 Å². The number of rotatable bonds is 4. The van der Waals surface area contributed by atoms with Gasteiger partial charge in [0.2, 0.25) is 0 Å². The third kappa shape index (κ3) is 3.54. The van der Waals surface area contributed by atoms with E-state index in [-0.39, 0.29) is 6.04 Å². The molecule has 1 fully saturated rings. The van der Waals surface area contributed by atoms with Crippen LogP contribution in [0.5, 0.6) is 0 Å². The lowest BCUT2D eigenvalue weighted by Gasteiger charge is -2.36. The van der Waals surface area contributed by atoms with Crippen molar-refractivity contribution in [2.75, 3.05) is 33.7 Å². The Balaban J connectivity index is 1.85. The maximum absolute atomic E-state index is 6.30. The van der Waals surface area contributed by atoms with Crippen LogP contribution >= 0.6 is 11.3 Å². The topological polar surface area (TPSA) is 32.5 Å². The van der Waals surface area contributed by atoms with Gasteiger partial charge in [0.25, 0.3) is 0 Å². The number of nitrogens with two attached hydrogens (primary N) is 1. The quantitative estimate of drug-likeness (QED) is 0.906. The van der Waals surface area contributed by atoms with Gasteiger partial charge >= 0.3 is 0 Å². The van der Waals surface area contributed by atoms with Crippen LogP contribution in [0.25, 0.3) is 0 Å². The van der Waals surface area contributed by atoms with E-state index in [0.717, 1.165) is 6.54 Å². The molecule has 18 heavy (non-hydrogen) atoms. The fraction of sp³-hybridized carbons (Fsp3) is 0.714. The van der Waals surface area contributed by atoms with Crippen LogP contribution in [0.2, 0.25) is 0 Å². The van der Waals surface area contributed by atoms with Crippen molar-refractivity contribution in [3.8, 4) is 0 Å². The molecule has 1 atom stereocenters. The fourth-order valence-corrected chi connectivity index (χ4v) is 3.51. The molecule has 0 bridgehead atoms. The van der Waals surface area contributed by atoms with Gasteiger partial charge in [-0.25, -0.2) is 0 Å². The van der Waals surface area contributed by atoms with E-state index in [4.69, 9.17) is 5.73 Å². The summed E-state index contributed by atoms with van der Waals surface area (Å²) >= 11 is 1.82. The van der Waals surface area contributed by atoms with Crippen LogP contribution in [-0.2, 0) is 0 Å². The van der Waals surface area contributed by atoms with E-state index in [1.54, 1.807) is 0 Å². The number of aryl methyl sites for hydroxylation is 1. The molecule has 102 valence electrons. The predicted octanol–water partition coefficient (Wildman–Crippen LogP) is 2.08. The molecule has 0 aromatic carbocycles. The molecule has 1 aliphatic rings. The lowest BCUT2D eigenvalue weighted by molar-refractivity contribution is 0.139. The van der Waals surface area contributed by atoms with E-state index in [1.807, 2.05) is 11.3 Å². The summed E-state index contributed by atoms with van der Waals surface area (Å²) in [5.41, 5.74) is 6.30. The molecule has 1 aromatic rings. The highest BCUT2D eigenvalue weighted by Gasteiger charge is 2.22. The van der Waals surface area contributed by atoms with E-state index >= 15 is 0 Å². The lowest BCUT2D eigenvalue weighted by atomic mass is 10.0. The second kappa shape index (κ2) is 6.15. The van der Waals surface area contributed by atoms with Crippen molar-refractivity contribution in [3.63, 3.8) is 0 Å². The van der Waals surface area contributed by atoms with Crippen molar-refractivity contribution in [1.29, 1.82) is 0 Å². The second-order valence-corrected chi connectivity index (χ2v) is 6.85. The van der Waals surface area contributed by atoms with Crippen LogP contribution in [0.3, 0.4) is 0 Å². The minimum absolute atomic E-state index is 0.161. The number of piperidine rings is 1. The monoisotopic (exact) mass is 267 g/mol. The molecule has 1 aliphatic heterocycles. The Bertz CT molecular complexity index is 369. The smallest absolute Gasteiger partial charge is 0.0519 e. The summed E-state index contributed by atoms with van der Waals surface area (Å²) in [4.78, 5) is 7.52. The molecular formula is C14H25N3S. The largest absolute Gasteiger partial charge is 0.322 e. The first kappa shape index (κ1) is 14.0. The van der Waals surface area contributed by atoms with E-state index in [1.165, 1.54) is 35.7 Å². The van der Waals surface area contributed by atoms with Crippen molar-refractivity contribution >= 4 is 11.3 Å². The molecule has 0 saturated carbocycles. The molecule has 1 saturated heterocycles. The zero-order valence-electron chi connectivity index (χ0n) is 11.7. The molecule has 1 aromatic heterocycles. The van der Waals surface area contributed by atoms with Gasteiger partial charge in [0.1, 0.15) is 0 Å². The minimum Gasteiger partial charge on any atom is -0.322 e. The van der Waals surface area contributed by atoms with Crippen LogP contribution in [0.15, 0.2) is 12.1 Å². The third-order valence-electron chi connectivity index (χ3n) is 3.92. The van der Waals surface area contributed by atoms with Gasteiger partial charge in [-0.2, -0.15) is 0 Å². The van der Waals surface area contributed by atoms with E-state index < -0.39 is 0 Å². The standard InChI is InChI=1S/C14H25N3S/c1-11-4-5-14(18-11)13(15)10-17(3)12-6-8-16(2)9-7-12/h4-5,12-13H,6-10,15H2,1-3H3. The van der Waals surface area contributed by atoms with Crippen molar-refractivity contribution in [3.05, 3.63) is 21.9 Å². The highest BCUT2D eigenvalue weighted by Crippen LogP contribution is 2.23. The number of hydrogen-bond donors (Lipinski definition) is 1. The first-order valence-corrected chi connectivity index (χ1v) is 7.58. The Kier molecular flexibility index (Phi) is 4.78. The van der Waals surface area contributed by atoms with Crippen LogP contribution in [-0.4, -0.2) is 49.6 Å². The predicted molar refractivity (Wildman–Crippen MR) is 79.1 cm³/mol. The van der Waals surface area contributed by atoms with Crippen molar-refractivity contribution in [1.82, 2.24) is 9.80 Å². The molecule has 3 nitrogen and oxygen atoms in total. The van der Waals surface area contributed by atoms with Gasteiger partial charge in [0.15, 0.2) is 0 Å². The molecule has 0 amide bonds. The highest BCUT2D eigenvalue weighted by molar-refractivity contribution is 7.12. The third-order valence-corrected chi connectivity index (χ3v) is 5.06. The first-order chi connectivity index (χ1) is 8.56. The molecule has 0 radical (unpaired) electrons. The Morgan fingerprint density at radius 1 is 1.44 bits per heavy atom. The Morgan fingerprint density at radius 3 is 2.67 bits per heavy atom. The average Bonchev–Trinajstić information content (AvgIpc) is 2.76. The lowest BCUT2D eigenvalue weighted by Crippen LogP contribution is -2.44. The Labute approximate surface area is 115 Å². The average molecular weight is 267 g/mol. The van der Waals surface area contributed by atoms with Crippen molar-refractivity contribution in [2.24, 2.45) is 5.73 Å². The van der Waals surface area contributed by atoms with Crippen LogP contribution in [0.1, 0.15) is 28.6 Å². The summed E-state index contributed by atoms with van der Waals surface area (Å²) in [5, 5.41) is 0. The molecule has 2 heterocycles. The summed E-state index contributed by atoms with van der Waals surface area (Å²) in [6.45, 7) is 5.53. The molecule has 0 spiro atoms. The number of thiophene rings is 1. The number of likely N-dealkylation sites (N-methyl/N-ethyl adjacent to an activating group) is 1. The molecule has 2 N–H and O–H groups in total. The van der Waals surface area contributed by atoms with Gasteiger partial charge in [-0.3, -0.25) is 0 Å². The first-order valence-electron chi connectivity index (χ1n) is 6.77. The maximum atomic E-state index is 6.30. The SMILES string of the molecule is Cc1ccc(C(N)CN(C)C2CCN(C)CC2)s1. The van der Waals surface area contributed by atoms with Gasteiger partial charge in [0, 0.05) is 22.3 Å². The maximum Gasteiger partial charge on any atom is 0.0519 e. The van der Waals surface area contributed by atoms with Gasteiger partial charge in [0.05, 0.1) is 6.04 Å². The molecular weight excluding hydrogens is 242 g/mol. The van der Waals surface area contributed by atoms with Gasteiger partial charge in [-0.05, 0) is 59.1 Å². The summed E-state index contributed by atoms with van der Waals surface area (Å²) < 4.78 is 0. The van der Waals surface area contributed by atoms with Gasteiger partial charge in [-0.1, -0.05) is 0 Å². The minimum atomic E-state index is 0.161. The molecule has 0 aliphatic carbocycles. The molecule has 4 heteroatoms. The Morgan fingerprint density at radius 2 is 2.11 bits per heavy atom. The van der Waals surface area contributed by atoms with E-state index in [9.17, 15) is 0 Å². The van der Waals surface area contributed by atoms with Crippen molar-refractivity contribution in [2.45, 2.75) is 31.8 Å². The summed E-state index contributed by atoms with van der Waals surface area (Å²) in [5.74, 6) is 0. The fourth-order valence-electron chi connectivity index (χ4n) is 2.64. The summed E-state index contributed by atoms with van der Waals surface area (Å²) in [7, 11) is 4.42. The summed E-state index contributed by atoms with van der Waals surface area (Å²) in [6.07, 6.45) is 2.53. The molecule has 2 rings (SSSR count). The zero-order chi connectivity index (χ0) is 13.1. The number of likely N-dealkylation sites (tertiary alicyclic amines) is 1. The van der Waals surface area contributed by atoms with E-state index in [0.29, 0.717) is 6.04 Å². The van der Waals surface area contributed by atoms with Gasteiger partial charge in [-0.15, -0.1) is 11.3 Å². The summed E-state index contributed by atoms with van der Waals surface area (Å²) in [6, 6.07) is 5.20. The van der Waals surface area contributed by atoms with Crippen molar-refractivity contribution < 1.29 is 0 Å². The Hall–Kier alpha value is -0.420. The van der Waals surface area contributed by atoms with Crippen LogP contribution in [0.4, 0.5) is 0 Å². The van der Waals surface area contributed by atoms with Crippen LogP contribution < -0.4 is 5.73 Å².